The summed E-state index contributed by atoms with van der Waals surface area (Å²) >= 11 is 0. The van der Waals surface area contributed by atoms with E-state index in [1.165, 1.54) is 39.0 Å². The second-order valence-electron chi connectivity index (χ2n) is 7.59. The predicted molar refractivity (Wildman–Crippen MR) is 95.0 cm³/mol. The van der Waals surface area contributed by atoms with Crippen LogP contribution in [0, 0.1) is 0 Å². The molecule has 3 rings (SSSR count). The highest BCUT2D eigenvalue weighted by Gasteiger charge is 2.25. The van der Waals surface area contributed by atoms with E-state index >= 15 is 0 Å². The molecule has 1 aromatic heterocycles. The van der Waals surface area contributed by atoms with Gasteiger partial charge in [0.25, 0.3) is 0 Å². The Bertz CT molecular complexity index is 484. The molecule has 2 saturated heterocycles. The molecule has 0 saturated carbocycles. The molecule has 23 heavy (non-hydrogen) atoms. The van der Waals surface area contributed by atoms with Gasteiger partial charge in [-0.3, -0.25) is 0 Å². The van der Waals surface area contributed by atoms with Gasteiger partial charge in [-0.25, -0.2) is 0 Å². The SMILES string of the molecule is CN(CCN1CCCC1)c1ccc(N2CC[N+](C)(C)CC2)nn1. The summed E-state index contributed by atoms with van der Waals surface area (Å²) in [5, 5.41) is 8.91. The van der Waals surface area contributed by atoms with Gasteiger partial charge < -0.3 is 19.2 Å². The molecule has 0 N–H and O–H groups in total. The molecule has 3 heterocycles. The smallest absolute Gasteiger partial charge is 0.151 e. The number of quaternary nitrogens is 1. The fraction of sp³-hybridized carbons (Fsp3) is 0.765. The van der Waals surface area contributed by atoms with Crippen molar-refractivity contribution in [2.45, 2.75) is 12.8 Å². The van der Waals surface area contributed by atoms with Crippen molar-refractivity contribution in [3.63, 3.8) is 0 Å². The summed E-state index contributed by atoms with van der Waals surface area (Å²) in [6, 6.07) is 4.24. The molecule has 128 valence electrons. The van der Waals surface area contributed by atoms with Crippen LogP contribution in [-0.4, -0.2) is 93.1 Å². The van der Waals surface area contributed by atoms with Crippen LogP contribution in [0.15, 0.2) is 12.1 Å². The first kappa shape index (κ1) is 16.5. The Morgan fingerprint density at radius 3 is 2.35 bits per heavy atom. The fourth-order valence-electron chi connectivity index (χ4n) is 3.34. The monoisotopic (exact) mass is 319 g/mol. The molecular formula is C17H31N6+. The van der Waals surface area contributed by atoms with Crippen LogP contribution in [0.4, 0.5) is 11.6 Å². The lowest BCUT2D eigenvalue weighted by atomic mass is 10.3. The zero-order chi connectivity index (χ0) is 16.3. The number of aromatic nitrogens is 2. The molecule has 2 aliphatic heterocycles. The predicted octanol–water partition coefficient (Wildman–Crippen LogP) is 0.905. The van der Waals surface area contributed by atoms with Crippen molar-refractivity contribution in [1.82, 2.24) is 15.1 Å². The Morgan fingerprint density at radius 2 is 1.74 bits per heavy atom. The Labute approximate surface area is 140 Å². The van der Waals surface area contributed by atoms with Crippen LogP contribution < -0.4 is 9.80 Å². The van der Waals surface area contributed by atoms with Crippen molar-refractivity contribution in [3.8, 4) is 0 Å². The molecule has 2 aliphatic rings. The van der Waals surface area contributed by atoms with Crippen LogP contribution in [0.25, 0.3) is 0 Å². The molecule has 0 atom stereocenters. The molecule has 0 amide bonds. The van der Waals surface area contributed by atoms with Gasteiger partial charge in [0.1, 0.15) is 0 Å². The molecule has 0 radical (unpaired) electrons. The number of nitrogens with zero attached hydrogens (tertiary/aromatic N) is 6. The minimum atomic E-state index is 0.973. The molecule has 2 fully saturated rings. The van der Waals surface area contributed by atoms with E-state index in [9.17, 15) is 0 Å². The topological polar surface area (TPSA) is 35.5 Å². The zero-order valence-electron chi connectivity index (χ0n) is 14.9. The normalized spacial score (nSPS) is 21.6. The molecule has 1 aromatic rings. The second kappa shape index (κ2) is 7.01. The highest BCUT2D eigenvalue weighted by Crippen LogP contribution is 2.17. The Kier molecular flexibility index (Phi) is 5.02. The number of piperazine rings is 1. The van der Waals surface area contributed by atoms with E-state index in [0.717, 1.165) is 42.3 Å². The molecule has 0 bridgehead atoms. The van der Waals surface area contributed by atoms with Gasteiger partial charge in [-0.2, -0.15) is 0 Å². The number of hydrogen-bond donors (Lipinski definition) is 0. The van der Waals surface area contributed by atoms with Crippen molar-refractivity contribution in [2.24, 2.45) is 0 Å². The number of likely N-dealkylation sites (tertiary alicyclic amines) is 1. The van der Waals surface area contributed by atoms with E-state index in [2.05, 4.69) is 58.2 Å². The molecular weight excluding hydrogens is 288 g/mol. The zero-order valence-corrected chi connectivity index (χ0v) is 14.9. The average Bonchev–Trinajstić information content (AvgIpc) is 3.06. The van der Waals surface area contributed by atoms with Crippen LogP contribution in [-0.2, 0) is 0 Å². The third-order valence-electron chi connectivity index (χ3n) is 5.25. The van der Waals surface area contributed by atoms with Crippen molar-refractivity contribution < 1.29 is 4.48 Å². The van der Waals surface area contributed by atoms with Crippen molar-refractivity contribution in [2.75, 3.05) is 83.3 Å². The van der Waals surface area contributed by atoms with Crippen LogP contribution in [0.3, 0.4) is 0 Å². The number of anilines is 2. The number of hydrogen-bond acceptors (Lipinski definition) is 5. The lowest BCUT2D eigenvalue weighted by Gasteiger charge is -2.39. The summed E-state index contributed by atoms with van der Waals surface area (Å²) in [4.78, 5) is 7.10. The maximum absolute atomic E-state index is 4.46. The maximum atomic E-state index is 4.46. The lowest BCUT2D eigenvalue weighted by Crippen LogP contribution is -2.55. The van der Waals surface area contributed by atoms with Gasteiger partial charge in [0, 0.05) is 20.1 Å². The number of likely N-dealkylation sites (N-methyl/N-ethyl adjacent to an activating group) is 2. The lowest BCUT2D eigenvalue weighted by molar-refractivity contribution is -0.890. The average molecular weight is 319 g/mol. The minimum Gasteiger partial charge on any atom is -0.357 e. The molecule has 6 heteroatoms. The van der Waals surface area contributed by atoms with Gasteiger partial charge in [0.15, 0.2) is 11.6 Å². The minimum absolute atomic E-state index is 0.973. The van der Waals surface area contributed by atoms with Gasteiger partial charge in [0.2, 0.25) is 0 Å². The first-order chi connectivity index (χ1) is 11.0. The van der Waals surface area contributed by atoms with Gasteiger partial charge in [0.05, 0.1) is 40.3 Å². The summed E-state index contributed by atoms with van der Waals surface area (Å²) in [5.74, 6) is 1.99. The maximum Gasteiger partial charge on any atom is 0.151 e. The largest absolute Gasteiger partial charge is 0.357 e. The Morgan fingerprint density at radius 1 is 1.04 bits per heavy atom. The van der Waals surface area contributed by atoms with Crippen molar-refractivity contribution >= 4 is 11.6 Å². The van der Waals surface area contributed by atoms with E-state index < -0.39 is 0 Å². The van der Waals surface area contributed by atoms with E-state index in [1.54, 1.807) is 0 Å². The van der Waals surface area contributed by atoms with E-state index in [4.69, 9.17) is 0 Å². The van der Waals surface area contributed by atoms with Crippen molar-refractivity contribution in [3.05, 3.63) is 12.1 Å². The highest BCUT2D eigenvalue weighted by molar-refractivity contribution is 5.44. The van der Waals surface area contributed by atoms with Crippen LogP contribution in [0.5, 0.6) is 0 Å². The molecule has 0 spiro atoms. The fourth-order valence-corrected chi connectivity index (χ4v) is 3.34. The van der Waals surface area contributed by atoms with Gasteiger partial charge in [-0.1, -0.05) is 0 Å². The standard InChI is InChI=1S/C17H31N6/c1-20(10-11-21-8-4-5-9-21)16-6-7-17(19-18-16)22-12-14-23(2,3)15-13-22/h6-7H,4-5,8-15H2,1-3H3/q+1. The summed E-state index contributed by atoms with van der Waals surface area (Å²) in [6.07, 6.45) is 2.70. The summed E-state index contributed by atoms with van der Waals surface area (Å²) < 4.78 is 1.10. The molecule has 0 aromatic carbocycles. The van der Waals surface area contributed by atoms with Gasteiger partial charge >= 0.3 is 0 Å². The van der Waals surface area contributed by atoms with E-state index in [-0.39, 0.29) is 0 Å². The van der Waals surface area contributed by atoms with Gasteiger partial charge in [-0.15, -0.1) is 10.2 Å². The van der Waals surface area contributed by atoms with Crippen LogP contribution >= 0.6 is 0 Å². The quantitative estimate of drug-likeness (QED) is 0.754. The Balaban J connectivity index is 1.52. The van der Waals surface area contributed by atoms with Crippen molar-refractivity contribution in [1.29, 1.82) is 0 Å². The van der Waals surface area contributed by atoms with E-state index in [1.807, 2.05) is 0 Å². The van der Waals surface area contributed by atoms with Gasteiger partial charge in [-0.05, 0) is 38.1 Å². The first-order valence-corrected chi connectivity index (χ1v) is 8.88. The van der Waals surface area contributed by atoms with E-state index in [0.29, 0.717) is 0 Å². The van der Waals surface area contributed by atoms with Crippen LogP contribution in [0.2, 0.25) is 0 Å². The summed E-state index contributed by atoms with van der Waals surface area (Å²) in [6.45, 7) is 9.10. The second-order valence-corrected chi connectivity index (χ2v) is 7.59. The molecule has 0 unspecified atom stereocenters. The Hall–Kier alpha value is -1.40. The third-order valence-corrected chi connectivity index (χ3v) is 5.25. The van der Waals surface area contributed by atoms with Crippen LogP contribution in [0.1, 0.15) is 12.8 Å². The third kappa shape index (κ3) is 4.32. The summed E-state index contributed by atoms with van der Waals surface area (Å²) in [7, 11) is 6.70. The number of rotatable bonds is 5. The molecule has 6 nitrogen and oxygen atoms in total. The molecule has 0 aliphatic carbocycles. The highest BCUT2D eigenvalue weighted by atomic mass is 15.4. The summed E-state index contributed by atoms with van der Waals surface area (Å²) in [5.41, 5.74) is 0. The first-order valence-electron chi connectivity index (χ1n) is 8.88.